The minimum atomic E-state index is 0.518. The summed E-state index contributed by atoms with van der Waals surface area (Å²) in [5.41, 5.74) is 2.40. The maximum atomic E-state index is 6.03. The first kappa shape index (κ1) is 21.5. The molecule has 0 amide bonds. The second-order valence-electron chi connectivity index (χ2n) is 8.29. The standard InChI is InChI=1S/C26H37NO2/c1-3-21(2)25-11-7-8-12-26(25)29-20-18-27-23-13-15-24(16-14-23)28-19-17-22-9-5-4-6-10-22/h7-8,11-16,21-22,27H,3-6,9-10,17-20H2,1-2H3/t21-/m1/s1. The van der Waals surface area contributed by atoms with Crippen molar-refractivity contribution in [3.05, 3.63) is 54.1 Å². The van der Waals surface area contributed by atoms with Gasteiger partial charge in [0.05, 0.1) is 6.61 Å². The Morgan fingerprint density at radius 2 is 1.69 bits per heavy atom. The largest absolute Gasteiger partial charge is 0.494 e. The molecule has 0 aliphatic heterocycles. The molecular formula is C26H37NO2. The average molecular weight is 396 g/mol. The predicted molar refractivity (Wildman–Crippen MR) is 122 cm³/mol. The van der Waals surface area contributed by atoms with Gasteiger partial charge in [0.2, 0.25) is 0 Å². The van der Waals surface area contributed by atoms with E-state index < -0.39 is 0 Å². The molecule has 3 rings (SSSR count). The van der Waals surface area contributed by atoms with Gasteiger partial charge in [-0.15, -0.1) is 0 Å². The van der Waals surface area contributed by atoms with Crippen LogP contribution in [-0.4, -0.2) is 19.8 Å². The number of ether oxygens (including phenoxy) is 2. The third-order valence-electron chi connectivity index (χ3n) is 6.12. The lowest BCUT2D eigenvalue weighted by molar-refractivity contribution is 0.246. The van der Waals surface area contributed by atoms with Crippen LogP contribution in [0.3, 0.4) is 0 Å². The van der Waals surface area contributed by atoms with Gasteiger partial charge in [-0.1, -0.05) is 64.2 Å². The van der Waals surface area contributed by atoms with Crippen molar-refractivity contribution in [3.63, 3.8) is 0 Å². The molecule has 3 heteroatoms. The third kappa shape index (κ3) is 6.99. The fourth-order valence-electron chi connectivity index (χ4n) is 4.08. The minimum absolute atomic E-state index is 0.518. The van der Waals surface area contributed by atoms with Crippen molar-refractivity contribution in [1.82, 2.24) is 0 Å². The molecule has 0 heterocycles. The van der Waals surface area contributed by atoms with Gasteiger partial charge >= 0.3 is 0 Å². The second-order valence-corrected chi connectivity index (χ2v) is 8.29. The molecule has 29 heavy (non-hydrogen) atoms. The van der Waals surface area contributed by atoms with Crippen LogP contribution in [0, 0.1) is 5.92 Å². The van der Waals surface area contributed by atoms with Gasteiger partial charge in [0.15, 0.2) is 0 Å². The van der Waals surface area contributed by atoms with Crippen molar-refractivity contribution >= 4 is 5.69 Å². The molecular weight excluding hydrogens is 358 g/mol. The van der Waals surface area contributed by atoms with E-state index in [-0.39, 0.29) is 0 Å². The number of rotatable bonds is 11. The fraction of sp³-hybridized carbons (Fsp3) is 0.538. The molecule has 3 nitrogen and oxygen atoms in total. The average Bonchev–Trinajstić information content (AvgIpc) is 2.78. The van der Waals surface area contributed by atoms with Crippen LogP contribution in [0.25, 0.3) is 0 Å². The SMILES string of the molecule is CC[C@@H](C)c1ccccc1OCCNc1ccc(OCCC2CCCCC2)cc1. The third-order valence-corrected chi connectivity index (χ3v) is 6.12. The lowest BCUT2D eigenvalue weighted by Gasteiger charge is -2.21. The van der Waals surface area contributed by atoms with E-state index in [0.29, 0.717) is 12.5 Å². The summed E-state index contributed by atoms with van der Waals surface area (Å²) in [5.74, 6) is 3.36. The molecule has 1 fully saturated rings. The zero-order chi connectivity index (χ0) is 20.3. The molecule has 0 unspecified atom stereocenters. The Hall–Kier alpha value is -2.16. The lowest BCUT2D eigenvalue weighted by atomic mass is 9.87. The van der Waals surface area contributed by atoms with E-state index in [1.807, 2.05) is 6.07 Å². The molecule has 0 spiro atoms. The molecule has 0 saturated heterocycles. The van der Waals surface area contributed by atoms with Crippen LogP contribution < -0.4 is 14.8 Å². The van der Waals surface area contributed by atoms with Gasteiger partial charge in [0.25, 0.3) is 0 Å². The highest BCUT2D eigenvalue weighted by atomic mass is 16.5. The van der Waals surface area contributed by atoms with E-state index in [1.165, 1.54) is 44.1 Å². The summed E-state index contributed by atoms with van der Waals surface area (Å²) >= 11 is 0. The van der Waals surface area contributed by atoms with Crippen molar-refractivity contribution in [3.8, 4) is 11.5 Å². The summed E-state index contributed by atoms with van der Waals surface area (Å²) in [4.78, 5) is 0. The van der Waals surface area contributed by atoms with E-state index in [2.05, 4.69) is 61.6 Å². The van der Waals surface area contributed by atoms with Crippen molar-refractivity contribution in [1.29, 1.82) is 0 Å². The molecule has 0 radical (unpaired) electrons. The van der Waals surface area contributed by atoms with Crippen LogP contribution in [0.1, 0.15) is 70.3 Å². The van der Waals surface area contributed by atoms with E-state index in [1.54, 1.807) is 0 Å². The first-order chi connectivity index (χ1) is 14.3. The Morgan fingerprint density at radius 1 is 0.931 bits per heavy atom. The monoisotopic (exact) mass is 395 g/mol. The van der Waals surface area contributed by atoms with Gasteiger partial charge in [-0.3, -0.25) is 0 Å². The minimum Gasteiger partial charge on any atom is -0.494 e. The molecule has 0 bridgehead atoms. The van der Waals surface area contributed by atoms with Gasteiger partial charge in [-0.05, 0) is 60.6 Å². The van der Waals surface area contributed by atoms with E-state index in [0.717, 1.165) is 42.7 Å². The topological polar surface area (TPSA) is 30.5 Å². The molecule has 2 aromatic carbocycles. The van der Waals surface area contributed by atoms with E-state index >= 15 is 0 Å². The van der Waals surface area contributed by atoms with Crippen molar-refractivity contribution in [2.24, 2.45) is 5.92 Å². The van der Waals surface area contributed by atoms with Crippen LogP contribution in [-0.2, 0) is 0 Å². The smallest absolute Gasteiger partial charge is 0.122 e. The fourth-order valence-corrected chi connectivity index (χ4v) is 4.08. The van der Waals surface area contributed by atoms with Gasteiger partial charge in [0.1, 0.15) is 18.1 Å². The second kappa shape index (κ2) is 11.7. The molecule has 1 N–H and O–H groups in total. The summed E-state index contributed by atoms with van der Waals surface area (Å²) in [7, 11) is 0. The molecule has 1 aliphatic carbocycles. The summed E-state index contributed by atoms with van der Waals surface area (Å²) < 4.78 is 12.0. The number of nitrogens with one attached hydrogen (secondary N) is 1. The molecule has 1 saturated carbocycles. The first-order valence-corrected chi connectivity index (χ1v) is 11.4. The molecule has 0 aromatic heterocycles. The number of anilines is 1. The Kier molecular flexibility index (Phi) is 8.73. The van der Waals surface area contributed by atoms with E-state index in [9.17, 15) is 0 Å². The van der Waals surface area contributed by atoms with Crippen molar-refractivity contribution in [2.75, 3.05) is 25.1 Å². The van der Waals surface area contributed by atoms with Gasteiger partial charge < -0.3 is 14.8 Å². The zero-order valence-electron chi connectivity index (χ0n) is 18.2. The summed E-state index contributed by atoms with van der Waals surface area (Å²) in [6, 6.07) is 16.7. The number of hydrogen-bond donors (Lipinski definition) is 1. The summed E-state index contributed by atoms with van der Waals surface area (Å²) in [6.45, 7) is 6.72. The maximum Gasteiger partial charge on any atom is 0.122 e. The molecule has 1 aliphatic rings. The summed E-state index contributed by atoms with van der Waals surface area (Å²) in [6.07, 6.45) is 9.30. The van der Waals surface area contributed by atoms with Crippen molar-refractivity contribution < 1.29 is 9.47 Å². The Labute approximate surface area is 176 Å². The highest BCUT2D eigenvalue weighted by Crippen LogP contribution is 2.28. The molecule has 1 atom stereocenters. The Balaban J connectivity index is 1.36. The van der Waals surface area contributed by atoms with Crippen LogP contribution in [0.15, 0.2) is 48.5 Å². The molecule has 158 valence electrons. The van der Waals surface area contributed by atoms with E-state index in [4.69, 9.17) is 9.47 Å². The highest BCUT2D eigenvalue weighted by molar-refractivity contribution is 5.46. The Bertz CT molecular complexity index is 707. The predicted octanol–water partition coefficient (Wildman–Crippen LogP) is 7.04. The van der Waals surface area contributed by atoms with Gasteiger partial charge in [-0.2, -0.15) is 0 Å². The first-order valence-electron chi connectivity index (χ1n) is 11.4. The number of benzene rings is 2. The highest BCUT2D eigenvalue weighted by Gasteiger charge is 2.13. The number of para-hydroxylation sites is 1. The zero-order valence-corrected chi connectivity index (χ0v) is 18.2. The van der Waals surface area contributed by atoms with Crippen molar-refractivity contribution in [2.45, 2.75) is 64.7 Å². The lowest BCUT2D eigenvalue weighted by Crippen LogP contribution is -2.12. The van der Waals surface area contributed by atoms with Gasteiger partial charge in [-0.25, -0.2) is 0 Å². The van der Waals surface area contributed by atoms with Crippen LogP contribution in [0.5, 0.6) is 11.5 Å². The summed E-state index contributed by atoms with van der Waals surface area (Å²) in [5, 5.41) is 3.43. The number of hydrogen-bond acceptors (Lipinski definition) is 3. The molecule has 2 aromatic rings. The van der Waals surface area contributed by atoms with Crippen LogP contribution in [0.4, 0.5) is 5.69 Å². The maximum absolute atomic E-state index is 6.03. The normalized spacial score (nSPS) is 15.7. The quantitative estimate of drug-likeness (QED) is 0.414. The van der Waals surface area contributed by atoms with Crippen LogP contribution >= 0.6 is 0 Å². The van der Waals surface area contributed by atoms with Crippen LogP contribution in [0.2, 0.25) is 0 Å². The van der Waals surface area contributed by atoms with Gasteiger partial charge in [0, 0.05) is 12.2 Å². The Morgan fingerprint density at radius 3 is 2.45 bits per heavy atom.